The van der Waals surface area contributed by atoms with Crippen molar-refractivity contribution in [1.29, 1.82) is 0 Å². The quantitative estimate of drug-likeness (QED) is 0.889. The molecule has 0 spiro atoms. The Bertz CT molecular complexity index is 443. The van der Waals surface area contributed by atoms with Gasteiger partial charge in [0.1, 0.15) is 0 Å². The van der Waals surface area contributed by atoms with Crippen molar-refractivity contribution in [2.24, 2.45) is 10.9 Å². The molecule has 2 aliphatic rings. The molecule has 1 saturated heterocycles. The van der Waals surface area contributed by atoms with Crippen LogP contribution in [0.15, 0.2) is 35.3 Å². The lowest BCUT2D eigenvalue weighted by molar-refractivity contribution is 0.508. The summed E-state index contributed by atoms with van der Waals surface area (Å²) >= 11 is 0. The van der Waals surface area contributed by atoms with E-state index in [0.717, 1.165) is 38.1 Å². The highest BCUT2D eigenvalue weighted by molar-refractivity contribution is 5.81. The van der Waals surface area contributed by atoms with Crippen molar-refractivity contribution in [3.05, 3.63) is 30.3 Å². The minimum atomic E-state index is 0.719. The van der Waals surface area contributed by atoms with Crippen molar-refractivity contribution in [3.63, 3.8) is 0 Å². The van der Waals surface area contributed by atoms with Gasteiger partial charge < -0.3 is 15.1 Å². The van der Waals surface area contributed by atoms with E-state index < -0.39 is 0 Å². The first-order chi connectivity index (χ1) is 9.33. The van der Waals surface area contributed by atoms with Crippen LogP contribution in [0.3, 0.4) is 0 Å². The standard InChI is InChI=1S/C15H22N4/c1-18-10-8-16-15(18)17-11-13-7-9-19(12-13)14-5-3-2-4-6-14/h2-6,13H,7-12H2,1H3,(H,16,17). The van der Waals surface area contributed by atoms with Crippen molar-refractivity contribution in [3.8, 4) is 0 Å². The highest BCUT2D eigenvalue weighted by Gasteiger charge is 2.23. The second-order valence-electron chi connectivity index (χ2n) is 5.44. The average Bonchev–Trinajstić information content (AvgIpc) is 3.06. The van der Waals surface area contributed by atoms with Crippen LogP contribution in [0.4, 0.5) is 5.69 Å². The van der Waals surface area contributed by atoms with E-state index in [1.54, 1.807) is 0 Å². The molecule has 0 aromatic heterocycles. The zero-order chi connectivity index (χ0) is 13.1. The molecule has 0 radical (unpaired) electrons. The normalized spacial score (nSPS) is 22.8. The van der Waals surface area contributed by atoms with Gasteiger partial charge >= 0.3 is 0 Å². The van der Waals surface area contributed by atoms with Crippen molar-refractivity contribution in [2.75, 3.05) is 44.7 Å². The van der Waals surface area contributed by atoms with Crippen molar-refractivity contribution < 1.29 is 0 Å². The minimum Gasteiger partial charge on any atom is -0.371 e. The van der Waals surface area contributed by atoms with Crippen molar-refractivity contribution >= 4 is 11.6 Å². The Morgan fingerprint density at radius 2 is 2.11 bits per heavy atom. The first-order valence-electron chi connectivity index (χ1n) is 7.12. The van der Waals surface area contributed by atoms with E-state index >= 15 is 0 Å². The molecule has 0 bridgehead atoms. The minimum absolute atomic E-state index is 0.719. The van der Waals surface area contributed by atoms with E-state index in [1.165, 1.54) is 18.7 Å². The number of rotatable bonds is 3. The van der Waals surface area contributed by atoms with E-state index in [0.29, 0.717) is 0 Å². The molecule has 1 atom stereocenters. The topological polar surface area (TPSA) is 30.9 Å². The maximum absolute atomic E-state index is 4.47. The molecule has 4 nitrogen and oxygen atoms in total. The fraction of sp³-hybridized carbons (Fsp3) is 0.533. The Kier molecular flexibility index (Phi) is 3.58. The Hall–Kier alpha value is -1.71. The fourth-order valence-electron chi connectivity index (χ4n) is 2.83. The number of para-hydroxylation sites is 1. The molecule has 2 aliphatic heterocycles. The first-order valence-corrected chi connectivity index (χ1v) is 7.12. The number of anilines is 1. The Morgan fingerprint density at radius 1 is 1.26 bits per heavy atom. The van der Waals surface area contributed by atoms with Crippen LogP contribution in [-0.2, 0) is 0 Å². The number of likely N-dealkylation sites (N-methyl/N-ethyl adjacent to an activating group) is 1. The molecule has 0 saturated carbocycles. The smallest absolute Gasteiger partial charge is 0.193 e. The van der Waals surface area contributed by atoms with Gasteiger partial charge in [-0.25, -0.2) is 0 Å². The second-order valence-corrected chi connectivity index (χ2v) is 5.44. The zero-order valence-corrected chi connectivity index (χ0v) is 11.5. The molecule has 102 valence electrons. The molecular formula is C15H22N4. The third-order valence-electron chi connectivity index (χ3n) is 4.01. The number of benzene rings is 1. The Morgan fingerprint density at radius 3 is 2.84 bits per heavy atom. The molecule has 1 unspecified atom stereocenters. The second kappa shape index (κ2) is 5.51. The lowest BCUT2D eigenvalue weighted by Gasteiger charge is -2.20. The van der Waals surface area contributed by atoms with Crippen molar-refractivity contribution in [2.45, 2.75) is 6.42 Å². The Labute approximate surface area is 115 Å². The molecule has 0 aliphatic carbocycles. The molecule has 2 heterocycles. The lowest BCUT2D eigenvalue weighted by Crippen LogP contribution is -2.38. The van der Waals surface area contributed by atoms with Crippen LogP contribution < -0.4 is 10.2 Å². The maximum atomic E-state index is 4.47. The van der Waals surface area contributed by atoms with Crippen LogP contribution in [0, 0.1) is 5.92 Å². The number of hydrogen-bond acceptors (Lipinski definition) is 4. The summed E-state index contributed by atoms with van der Waals surface area (Å²) in [5.41, 5.74) is 1.35. The molecule has 1 aromatic rings. The van der Waals surface area contributed by atoms with Gasteiger partial charge in [-0.1, -0.05) is 18.2 Å². The first kappa shape index (κ1) is 12.3. The van der Waals surface area contributed by atoms with Gasteiger partial charge in [0.25, 0.3) is 0 Å². The Balaban J connectivity index is 1.50. The predicted molar refractivity (Wildman–Crippen MR) is 79.7 cm³/mol. The number of aliphatic imine (C=N–C) groups is 1. The summed E-state index contributed by atoms with van der Waals surface area (Å²) in [6.07, 6.45) is 1.26. The van der Waals surface area contributed by atoms with Gasteiger partial charge in [0.15, 0.2) is 5.96 Å². The van der Waals surface area contributed by atoms with Crippen LogP contribution in [0.1, 0.15) is 6.42 Å². The van der Waals surface area contributed by atoms with Gasteiger partial charge in [-0.05, 0) is 24.5 Å². The van der Waals surface area contributed by atoms with Gasteiger partial charge in [-0.2, -0.15) is 0 Å². The third kappa shape index (κ3) is 2.83. The summed E-state index contributed by atoms with van der Waals surface area (Å²) in [6.45, 7) is 5.32. The number of nitrogens with one attached hydrogen (secondary N) is 1. The van der Waals surface area contributed by atoms with Gasteiger partial charge in [-0.3, -0.25) is 4.99 Å². The van der Waals surface area contributed by atoms with Gasteiger partial charge in [0, 0.05) is 38.9 Å². The largest absolute Gasteiger partial charge is 0.371 e. The molecular weight excluding hydrogens is 236 g/mol. The number of hydrogen-bond donors (Lipinski definition) is 1. The van der Waals surface area contributed by atoms with E-state index in [2.05, 4.69) is 57.5 Å². The van der Waals surface area contributed by atoms with Gasteiger partial charge in [-0.15, -0.1) is 0 Å². The van der Waals surface area contributed by atoms with Crippen LogP contribution in [0.5, 0.6) is 0 Å². The van der Waals surface area contributed by atoms with Crippen LogP contribution in [0.2, 0.25) is 0 Å². The highest BCUT2D eigenvalue weighted by atomic mass is 15.3. The van der Waals surface area contributed by atoms with Crippen LogP contribution in [-0.4, -0.2) is 50.6 Å². The molecule has 19 heavy (non-hydrogen) atoms. The third-order valence-corrected chi connectivity index (χ3v) is 4.01. The van der Waals surface area contributed by atoms with E-state index in [-0.39, 0.29) is 0 Å². The monoisotopic (exact) mass is 258 g/mol. The number of nitrogens with zero attached hydrogens (tertiary/aromatic N) is 3. The van der Waals surface area contributed by atoms with Crippen LogP contribution >= 0.6 is 0 Å². The van der Waals surface area contributed by atoms with Gasteiger partial charge in [0.2, 0.25) is 0 Å². The maximum Gasteiger partial charge on any atom is 0.193 e. The molecule has 4 heteroatoms. The zero-order valence-electron chi connectivity index (χ0n) is 11.5. The summed E-state index contributed by atoms with van der Waals surface area (Å²) in [5.74, 6) is 1.79. The molecule has 3 rings (SSSR count). The molecule has 1 aromatic carbocycles. The predicted octanol–water partition coefficient (Wildman–Crippen LogP) is 1.40. The fourth-order valence-corrected chi connectivity index (χ4v) is 2.83. The molecule has 1 N–H and O–H groups in total. The number of guanidine groups is 1. The average molecular weight is 258 g/mol. The summed E-state index contributed by atoms with van der Waals surface area (Å²) in [7, 11) is 2.10. The summed E-state index contributed by atoms with van der Waals surface area (Å²) in [4.78, 5) is 9.15. The van der Waals surface area contributed by atoms with E-state index in [9.17, 15) is 0 Å². The SMILES string of the molecule is CN1CCN=C1NCC1CCN(c2ccccc2)C1. The van der Waals surface area contributed by atoms with E-state index in [4.69, 9.17) is 0 Å². The van der Waals surface area contributed by atoms with E-state index in [1.807, 2.05) is 0 Å². The summed E-state index contributed by atoms with van der Waals surface area (Å²) < 4.78 is 0. The molecule has 1 fully saturated rings. The van der Waals surface area contributed by atoms with Gasteiger partial charge in [0.05, 0.1) is 6.54 Å². The lowest BCUT2D eigenvalue weighted by atomic mass is 10.1. The summed E-state index contributed by atoms with van der Waals surface area (Å²) in [6, 6.07) is 10.7. The highest BCUT2D eigenvalue weighted by Crippen LogP contribution is 2.22. The molecule has 0 amide bonds. The van der Waals surface area contributed by atoms with Crippen LogP contribution in [0.25, 0.3) is 0 Å². The van der Waals surface area contributed by atoms with Crippen molar-refractivity contribution in [1.82, 2.24) is 10.2 Å². The summed E-state index contributed by atoms with van der Waals surface area (Å²) in [5, 5.41) is 3.49.